The second kappa shape index (κ2) is 4.96. The number of rotatable bonds is 3. The Balaban J connectivity index is 1.89. The van der Waals surface area contributed by atoms with E-state index in [4.69, 9.17) is 0 Å². The third-order valence-electron chi connectivity index (χ3n) is 2.17. The van der Waals surface area contributed by atoms with Crippen LogP contribution in [0.2, 0.25) is 0 Å². The van der Waals surface area contributed by atoms with Gasteiger partial charge in [0.1, 0.15) is 12.2 Å². The van der Waals surface area contributed by atoms with Crippen LogP contribution >= 0.6 is 11.3 Å². The zero-order chi connectivity index (χ0) is 12.3. The molecule has 0 aliphatic rings. The molecule has 0 spiro atoms. The summed E-state index contributed by atoms with van der Waals surface area (Å²) >= 11 is 1.53. The Morgan fingerprint density at radius 2 is 2.35 bits per heavy atom. The number of hydrogen-bond donors (Lipinski definition) is 3. The first kappa shape index (κ1) is 11.6. The fourth-order valence-electron chi connectivity index (χ4n) is 1.34. The van der Waals surface area contributed by atoms with E-state index in [0.29, 0.717) is 5.82 Å². The minimum Gasteiger partial charge on any atom is -0.328 e. The normalized spacial score (nSPS) is 12.1. The first-order valence-electron chi connectivity index (χ1n) is 5.14. The predicted octanol–water partition coefficient (Wildman–Crippen LogP) is 2.06. The molecule has 2 heterocycles. The molecular formula is C10H13N5OS. The Morgan fingerprint density at radius 3 is 2.94 bits per heavy atom. The van der Waals surface area contributed by atoms with E-state index in [1.165, 1.54) is 17.7 Å². The number of urea groups is 1. The zero-order valence-corrected chi connectivity index (χ0v) is 10.3. The van der Waals surface area contributed by atoms with E-state index in [9.17, 15) is 4.79 Å². The summed E-state index contributed by atoms with van der Waals surface area (Å²) < 4.78 is 0. The molecule has 17 heavy (non-hydrogen) atoms. The van der Waals surface area contributed by atoms with Crippen molar-refractivity contribution in [3.8, 4) is 0 Å². The molecule has 2 amide bonds. The quantitative estimate of drug-likeness (QED) is 0.780. The third kappa shape index (κ3) is 3.04. The monoisotopic (exact) mass is 251 g/mol. The summed E-state index contributed by atoms with van der Waals surface area (Å²) in [5.41, 5.74) is 0. The number of aromatic amines is 1. The summed E-state index contributed by atoms with van der Waals surface area (Å²) in [6.45, 7) is 3.82. The average molecular weight is 251 g/mol. The van der Waals surface area contributed by atoms with Gasteiger partial charge < -0.3 is 5.32 Å². The molecule has 7 heteroatoms. The number of amides is 2. The SMILES string of the molecule is Cc1ccc(NC(=O)N[C@H](C)c2ncn[nH]2)s1. The van der Waals surface area contributed by atoms with Crippen LogP contribution in [0.25, 0.3) is 0 Å². The zero-order valence-electron chi connectivity index (χ0n) is 9.52. The highest BCUT2D eigenvalue weighted by molar-refractivity contribution is 7.16. The van der Waals surface area contributed by atoms with Crippen molar-refractivity contribution in [2.45, 2.75) is 19.9 Å². The smallest absolute Gasteiger partial charge is 0.320 e. The largest absolute Gasteiger partial charge is 0.328 e. The number of aryl methyl sites for hydroxylation is 1. The highest BCUT2D eigenvalue weighted by atomic mass is 32.1. The Kier molecular flexibility index (Phi) is 3.38. The van der Waals surface area contributed by atoms with Crippen LogP contribution < -0.4 is 10.6 Å². The van der Waals surface area contributed by atoms with Gasteiger partial charge in [0.25, 0.3) is 0 Å². The van der Waals surface area contributed by atoms with Gasteiger partial charge in [-0.1, -0.05) is 0 Å². The number of hydrogen-bond acceptors (Lipinski definition) is 4. The Morgan fingerprint density at radius 1 is 1.53 bits per heavy atom. The molecule has 3 N–H and O–H groups in total. The molecule has 2 aromatic rings. The summed E-state index contributed by atoms with van der Waals surface area (Å²) in [5, 5.41) is 12.8. The van der Waals surface area contributed by atoms with Crippen LogP contribution in [0.3, 0.4) is 0 Å². The van der Waals surface area contributed by atoms with Gasteiger partial charge in [-0.2, -0.15) is 5.10 Å². The number of anilines is 1. The van der Waals surface area contributed by atoms with Gasteiger partial charge in [-0.3, -0.25) is 10.4 Å². The predicted molar refractivity (Wildman–Crippen MR) is 66.0 cm³/mol. The Labute approximate surface area is 102 Å². The van der Waals surface area contributed by atoms with Crippen molar-refractivity contribution in [1.82, 2.24) is 20.5 Å². The molecule has 0 saturated carbocycles. The Hall–Kier alpha value is -1.89. The van der Waals surface area contributed by atoms with Gasteiger partial charge in [-0.05, 0) is 26.0 Å². The number of thiophene rings is 1. The van der Waals surface area contributed by atoms with Crippen molar-refractivity contribution in [1.29, 1.82) is 0 Å². The summed E-state index contributed by atoms with van der Waals surface area (Å²) in [5.74, 6) is 0.627. The van der Waals surface area contributed by atoms with Crippen molar-refractivity contribution in [3.05, 3.63) is 29.2 Å². The van der Waals surface area contributed by atoms with Crippen LogP contribution in [-0.4, -0.2) is 21.2 Å². The molecule has 90 valence electrons. The molecule has 0 aromatic carbocycles. The molecule has 0 fully saturated rings. The van der Waals surface area contributed by atoms with Crippen molar-refractivity contribution < 1.29 is 4.79 Å². The maximum absolute atomic E-state index is 11.6. The van der Waals surface area contributed by atoms with Crippen molar-refractivity contribution in [2.75, 3.05) is 5.32 Å². The van der Waals surface area contributed by atoms with Crippen LogP contribution in [0, 0.1) is 6.92 Å². The molecule has 0 radical (unpaired) electrons. The average Bonchev–Trinajstić information content (AvgIpc) is 2.89. The molecule has 0 bridgehead atoms. The molecule has 6 nitrogen and oxygen atoms in total. The topological polar surface area (TPSA) is 82.7 Å². The molecule has 1 atom stereocenters. The van der Waals surface area contributed by atoms with Gasteiger partial charge in [0.15, 0.2) is 0 Å². The van der Waals surface area contributed by atoms with Crippen molar-refractivity contribution in [2.24, 2.45) is 0 Å². The van der Waals surface area contributed by atoms with Crippen LogP contribution in [0.5, 0.6) is 0 Å². The van der Waals surface area contributed by atoms with Crippen molar-refractivity contribution >= 4 is 22.4 Å². The standard InChI is InChI=1S/C10H13N5OS/c1-6-3-4-8(17-6)14-10(16)13-7(2)9-11-5-12-15-9/h3-5,7H,1-2H3,(H,11,12,15)(H2,13,14,16)/t7-/m1/s1. The number of aromatic nitrogens is 3. The maximum Gasteiger partial charge on any atom is 0.320 e. The van der Waals surface area contributed by atoms with Gasteiger partial charge in [-0.15, -0.1) is 11.3 Å². The first-order chi connectivity index (χ1) is 8.15. The van der Waals surface area contributed by atoms with Crippen molar-refractivity contribution in [3.63, 3.8) is 0 Å². The second-order valence-electron chi connectivity index (χ2n) is 3.60. The van der Waals surface area contributed by atoms with E-state index in [0.717, 1.165) is 9.88 Å². The lowest BCUT2D eigenvalue weighted by molar-refractivity contribution is 0.249. The fraction of sp³-hybridized carbons (Fsp3) is 0.300. The number of nitrogens with zero attached hydrogens (tertiary/aromatic N) is 2. The summed E-state index contributed by atoms with van der Waals surface area (Å²) in [7, 11) is 0. The van der Waals surface area contributed by atoms with E-state index in [1.54, 1.807) is 0 Å². The highest BCUT2D eigenvalue weighted by Crippen LogP contribution is 2.20. The first-order valence-corrected chi connectivity index (χ1v) is 5.96. The van der Waals surface area contributed by atoms with E-state index in [2.05, 4.69) is 25.8 Å². The van der Waals surface area contributed by atoms with E-state index in [1.807, 2.05) is 26.0 Å². The Bertz CT molecular complexity index is 493. The van der Waals surface area contributed by atoms with Gasteiger partial charge >= 0.3 is 6.03 Å². The summed E-state index contributed by atoms with van der Waals surface area (Å²) in [6, 6.07) is 3.37. The van der Waals surface area contributed by atoms with Crippen LogP contribution in [0.4, 0.5) is 9.80 Å². The lowest BCUT2D eigenvalue weighted by Crippen LogP contribution is -2.31. The minimum atomic E-state index is -0.254. The van der Waals surface area contributed by atoms with Gasteiger partial charge in [0.05, 0.1) is 11.0 Å². The lowest BCUT2D eigenvalue weighted by Gasteiger charge is -2.11. The number of carbonyl (C=O) groups is 1. The molecular weight excluding hydrogens is 238 g/mol. The maximum atomic E-state index is 11.6. The van der Waals surface area contributed by atoms with Gasteiger partial charge in [0.2, 0.25) is 0 Å². The molecule has 2 aromatic heterocycles. The molecule has 0 saturated heterocycles. The van der Waals surface area contributed by atoms with Gasteiger partial charge in [-0.25, -0.2) is 9.78 Å². The molecule has 0 unspecified atom stereocenters. The summed E-state index contributed by atoms with van der Waals surface area (Å²) in [6.07, 6.45) is 1.41. The number of H-pyrrole nitrogens is 1. The van der Waals surface area contributed by atoms with Gasteiger partial charge in [0, 0.05) is 4.88 Å². The molecule has 0 aliphatic carbocycles. The van der Waals surface area contributed by atoms with E-state index in [-0.39, 0.29) is 12.1 Å². The van der Waals surface area contributed by atoms with Crippen LogP contribution in [0.15, 0.2) is 18.5 Å². The van der Waals surface area contributed by atoms with E-state index < -0.39 is 0 Å². The lowest BCUT2D eigenvalue weighted by atomic mass is 10.3. The summed E-state index contributed by atoms with van der Waals surface area (Å²) in [4.78, 5) is 16.8. The number of carbonyl (C=O) groups excluding carboxylic acids is 1. The third-order valence-corrected chi connectivity index (χ3v) is 3.08. The molecule has 0 aliphatic heterocycles. The van der Waals surface area contributed by atoms with Crippen LogP contribution in [0.1, 0.15) is 23.7 Å². The van der Waals surface area contributed by atoms with E-state index >= 15 is 0 Å². The molecule has 2 rings (SSSR count). The minimum absolute atomic E-state index is 0.210. The van der Waals surface area contributed by atoms with Crippen LogP contribution in [-0.2, 0) is 0 Å². The highest BCUT2D eigenvalue weighted by Gasteiger charge is 2.12. The number of nitrogens with one attached hydrogen (secondary N) is 3. The second-order valence-corrected chi connectivity index (χ2v) is 4.89. The fourth-order valence-corrected chi connectivity index (χ4v) is 2.10.